The van der Waals surface area contributed by atoms with Crippen molar-refractivity contribution < 1.29 is 22.7 Å². The Kier molecular flexibility index (Phi) is 9.54. The number of anilines is 1. The van der Waals surface area contributed by atoms with Crippen molar-refractivity contribution in [1.29, 1.82) is 0 Å². The van der Waals surface area contributed by atoms with E-state index in [1.165, 1.54) is 18.0 Å². The molecule has 0 aromatic heterocycles. The topological polar surface area (TPSA) is 96.0 Å². The zero-order valence-corrected chi connectivity index (χ0v) is 22.5. The van der Waals surface area contributed by atoms with Crippen LogP contribution in [0, 0.1) is 0 Å². The molecule has 0 aliphatic heterocycles. The third kappa shape index (κ3) is 7.71. The van der Waals surface area contributed by atoms with E-state index < -0.39 is 28.5 Å². The van der Waals surface area contributed by atoms with Crippen LogP contribution < -0.4 is 14.4 Å². The first-order chi connectivity index (χ1) is 17.6. The number of halogens is 1. The van der Waals surface area contributed by atoms with E-state index in [2.05, 4.69) is 5.32 Å². The van der Waals surface area contributed by atoms with E-state index in [0.717, 1.165) is 21.7 Å². The lowest BCUT2D eigenvalue weighted by molar-refractivity contribution is -0.139. The summed E-state index contributed by atoms with van der Waals surface area (Å²) in [6.07, 6.45) is 1.26. The van der Waals surface area contributed by atoms with Gasteiger partial charge in [-0.05, 0) is 41.5 Å². The van der Waals surface area contributed by atoms with Crippen molar-refractivity contribution in [3.63, 3.8) is 0 Å². The van der Waals surface area contributed by atoms with Crippen LogP contribution in [0.3, 0.4) is 0 Å². The van der Waals surface area contributed by atoms with Gasteiger partial charge in [-0.15, -0.1) is 0 Å². The highest BCUT2D eigenvalue weighted by atomic mass is 35.5. The van der Waals surface area contributed by atoms with E-state index in [0.29, 0.717) is 10.8 Å². The number of sulfonamides is 1. The minimum atomic E-state index is -3.85. The Labute approximate surface area is 222 Å². The summed E-state index contributed by atoms with van der Waals surface area (Å²) in [4.78, 5) is 28.3. The second kappa shape index (κ2) is 12.6. The van der Waals surface area contributed by atoms with Crippen LogP contribution in [0.25, 0.3) is 0 Å². The molecule has 0 aliphatic rings. The second-order valence-corrected chi connectivity index (χ2v) is 10.8. The molecule has 2 amide bonds. The maximum Gasteiger partial charge on any atom is 0.244 e. The van der Waals surface area contributed by atoms with E-state index >= 15 is 0 Å². The lowest BCUT2D eigenvalue weighted by Gasteiger charge is -2.33. The first-order valence-electron chi connectivity index (χ1n) is 11.5. The first kappa shape index (κ1) is 28.0. The summed E-state index contributed by atoms with van der Waals surface area (Å²) < 4.78 is 31.7. The molecule has 1 N–H and O–H groups in total. The third-order valence-corrected chi connectivity index (χ3v) is 7.16. The fourth-order valence-corrected chi connectivity index (χ4v) is 4.96. The largest absolute Gasteiger partial charge is 0.497 e. The molecule has 196 valence electrons. The van der Waals surface area contributed by atoms with Crippen LogP contribution >= 0.6 is 11.6 Å². The molecule has 3 rings (SSSR count). The highest BCUT2D eigenvalue weighted by Crippen LogP contribution is 2.23. The summed E-state index contributed by atoms with van der Waals surface area (Å²) in [5.41, 5.74) is 1.84. The number of nitrogens with zero attached hydrogens (tertiary/aromatic N) is 2. The Bertz CT molecular complexity index is 1330. The van der Waals surface area contributed by atoms with Crippen LogP contribution in [0.5, 0.6) is 5.75 Å². The Hall–Kier alpha value is -3.56. The van der Waals surface area contributed by atoms with Crippen molar-refractivity contribution in [2.24, 2.45) is 0 Å². The molecule has 0 heterocycles. The highest BCUT2D eigenvalue weighted by molar-refractivity contribution is 7.92. The van der Waals surface area contributed by atoms with Crippen molar-refractivity contribution in [1.82, 2.24) is 10.2 Å². The smallest absolute Gasteiger partial charge is 0.244 e. The number of amides is 2. The van der Waals surface area contributed by atoms with Gasteiger partial charge in [0.2, 0.25) is 21.8 Å². The zero-order valence-electron chi connectivity index (χ0n) is 20.9. The van der Waals surface area contributed by atoms with Crippen molar-refractivity contribution in [3.05, 3.63) is 95.0 Å². The lowest BCUT2D eigenvalue weighted by atomic mass is 10.0. The molecule has 8 nitrogen and oxygen atoms in total. The second-order valence-electron chi connectivity index (χ2n) is 8.44. The number of nitrogens with one attached hydrogen (secondary N) is 1. The van der Waals surface area contributed by atoms with E-state index in [1.807, 2.05) is 36.4 Å². The molecule has 3 aromatic carbocycles. The zero-order chi connectivity index (χ0) is 27.0. The van der Waals surface area contributed by atoms with Gasteiger partial charge in [-0.1, -0.05) is 60.1 Å². The first-order valence-corrected chi connectivity index (χ1v) is 13.8. The molecule has 37 heavy (non-hydrogen) atoms. The summed E-state index contributed by atoms with van der Waals surface area (Å²) in [7, 11) is -0.806. The standard InChI is InChI=1S/C27H30ClN3O5S/c1-29-27(33)25(16-20-9-5-4-6-10-20)30(18-21-11-7-14-24(15-21)36-2)26(32)19-31(37(3,34)35)23-13-8-12-22(28)17-23/h4-15,17,25H,16,18-19H2,1-3H3,(H,29,33)/t25-/m0/s1. The van der Waals surface area contributed by atoms with E-state index in [9.17, 15) is 18.0 Å². The highest BCUT2D eigenvalue weighted by Gasteiger charge is 2.32. The van der Waals surface area contributed by atoms with Crippen LogP contribution in [0.15, 0.2) is 78.9 Å². The number of ether oxygens (including phenoxy) is 1. The third-order valence-electron chi connectivity index (χ3n) is 5.78. The van der Waals surface area contributed by atoms with Gasteiger partial charge in [0, 0.05) is 25.0 Å². The average molecular weight is 544 g/mol. The Morgan fingerprint density at radius 3 is 2.27 bits per heavy atom. The average Bonchev–Trinajstić information content (AvgIpc) is 2.88. The fraction of sp³-hybridized carbons (Fsp3) is 0.259. The van der Waals surface area contributed by atoms with Gasteiger partial charge in [-0.25, -0.2) is 8.42 Å². The molecular weight excluding hydrogens is 514 g/mol. The number of methoxy groups -OCH3 is 1. The molecular formula is C27H30ClN3O5S. The van der Waals surface area contributed by atoms with Gasteiger partial charge in [0.15, 0.2) is 0 Å². The van der Waals surface area contributed by atoms with Gasteiger partial charge >= 0.3 is 0 Å². The number of likely N-dealkylation sites (N-methyl/N-ethyl adjacent to an activating group) is 1. The number of carbonyl (C=O) groups excluding carboxylic acids is 2. The summed E-state index contributed by atoms with van der Waals surface area (Å²) >= 11 is 6.09. The number of hydrogen-bond donors (Lipinski definition) is 1. The van der Waals surface area contributed by atoms with Gasteiger partial charge < -0.3 is 15.0 Å². The van der Waals surface area contributed by atoms with Crippen LogP contribution in [0.4, 0.5) is 5.69 Å². The predicted octanol–water partition coefficient (Wildman–Crippen LogP) is 3.50. The minimum Gasteiger partial charge on any atom is -0.497 e. The van der Waals surface area contributed by atoms with E-state index in [-0.39, 0.29) is 24.6 Å². The van der Waals surface area contributed by atoms with E-state index in [1.54, 1.807) is 43.5 Å². The number of hydrogen-bond acceptors (Lipinski definition) is 5. The summed E-state index contributed by atoms with van der Waals surface area (Å²) in [6, 6.07) is 21.8. The quantitative estimate of drug-likeness (QED) is 0.399. The normalized spacial score (nSPS) is 11.9. The molecule has 10 heteroatoms. The molecule has 0 bridgehead atoms. The summed E-state index contributed by atoms with van der Waals surface area (Å²) in [5, 5.41) is 2.98. The van der Waals surface area contributed by atoms with Gasteiger partial charge in [0.1, 0.15) is 18.3 Å². The monoisotopic (exact) mass is 543 g/mol. The van der Waals surface area contributed by atoms with Crippen LogP contribution in [-0.4, -0.2) is 58.1 Å². The number of rotatable bonds is 11. The van der Waals surface area contributed by atoms with Crippen molar-refractivity contribution >= 4 is 39.1 Å². The van der Waals surface area contributed by atoms with Gasteiger partial charge in [-0.2, -0.15) is 0 Å². The molecule has 0 fully saturated rings. The fourth-order valence-electron chi connectivity index (χ4n) is 3.93. The summed E-state index contributed by atoms with van der Waals surface area (Å²) in [6.45, 7) is -0.445. The maximum absolute atomic E-state index is 13.8. The van der Waals surface area contributed by atoms with Crippen LogP contribution in [-0.2, 0) is 32.6 Å². The lowest BCUT2D eigenvalue weighted by Crippen LogP contribution is -2.52. The Balaban J connectivity index is 2.03. The molecule has 0 saturated carbocycles. The molecule has 0 radical (unpaired) electrons. The molecule has 0 aliphatic carbocycles. The molecule has 0 saturated heterocycles. The number of carbonyl (C=O) groups is 2. The Morgan fingerprint density at radius 1 is 0.973 bits per heavy atom. The van der Waals surface area contributed by atoms with Gasteiger partial charge in [0.25, 0.3) is 0 Å². The molecule has 0 spiro atoms. The molecule has 3 aromatic rings. The van der Waals surface area contributed by atoms with Gasteiger partial charge in [-0.3, -0.25) is 13.9 Å². The van der Waals surface area contributed by atoms with E-state index in [4.69, 9.17) is 16.3 Å². The van der Waals surface area contributed by atoms with Gasteiger partial charge in [0.05, 0.1) is 19.1 Å². The SMILES string of the molecule is CNC(=O)[C@H](Cc1ccccc1)N(Cc1cccc(OC)c1)C(=O)CN(c1cccc(Cl)c1)S(C)(=O)=O. The molecule has 1 atom stereocenters. The van der Waals surface area contributed by atoms with Crippen molar-refractivity contribution in [2.75, 3.05) is 31.3 Å². The molecule has 0 unspecified atom stereocenters. The summed E-state index contributed by atoms with van der Waals surface area (Å²) in [5.74, 6) is -0.312. The number of benzene rings is 3. The Morgan fingerprint density at radius 2 is 1.65 bits per heavy atom. The maximum atomic E-state index is 13.8. The minimum absolute atomic E-state index is 0.0636. The van der Waals surface area contributed by atoms with Crippen molar-refractivity contribution in [2.45, 2.75) is 19.0 Å². The van der Waals surface area contributed by atoms with Crippen LogP contribution in [0.2, 0.25) is 5.02 Å². The van der Waals surface area contributed by atoms with Crippen LogP contribution in [0.1, 0.15) is 11.1 Å². The van der Waals surface area contributed by atoms with Crippen molar-refractivity contribution in [3.8, 4) is 5.75 Å². The predicted molar refractivity (Wildman–Crippen MR) is 145 cm³/mol.